The van der Waals surface area contributed by atoms with Crippen LogP contribution in [0.1, 0.15) is 49.4 Å². The monoisotopic (exact) mass is 417 g/mol. The minimum Gasteiger partial charge on any atom is -0.331 e. The number of anilines is 1. The Labute approximate surface area is 162 Å². The Morgan fingerprint density at radius 1 is 1.18 bits per heavy atom. The number of nitrogens with zero attached hydrogens (tertiary/aromatic N) is 6. The van der Waals surface area contributed by atoms with Crippen LogP contribution in [0.25, 0.3) is 0 Å². The van der Waals surface area contributed by atoms with E-state index in [-0.39, 0.29) is 43.6 Å². The Bertz CT molecular complexity index is 879. The fraction of sp³-hybridized carbons (Fsp3) is 0.600. The van der Waals surface area contributed by atoms with Crippen LogP contribution in [0.4, 0.5) is 18.3 Å². The molecule has 0 aromatic carbocycles. The second-order valence-electron chi connectivity index (χ2n) is 6.20. The number of carbonyl (C=O) groups is 2. The molecule has 13 heteroatoms. The summed E-state index contributed by atoms with van der Waals surface area (Å²) in [5.41, 5.74) is 0. The zero-order valence-corrected chi connectivity index (χ0v) is 16.0. The molecule has 3 heterocycles. The van der Waals surface area contributed by atoms with Crippen LogP contribution in [-0.2, 0) is 28.7 Å². The molecule has 0 radical (unpaired) electrons. The summed E-state index contributed by atoms with van der Waals surface area (Å²) >= 11 is 1.26. The third kappa shape index (κ3) is 4.13. The number of aryl methyl sites for hydroxylation is 1. The fourth-order valence-corrected chi connectivity index (χ4v) is 3.62. The van der Waals surface area contributed by atoms with Crippen LogP contribution in [0, 0.1) is 0 Å². The van der Waals surface area contributed by atoms with Gasteiger partial charge < -0.3 is 14.8 Å². The predicted octanol–water partition coefficient (Wildman–Crippen LogP) is 2.03. The summed E-state index contributed by atoms with van der Waals surface area (Å²) in [5, 5.41) is 18.3. The molecule has 1 unspecified atom stereocenters. The van der Waals surface area contributed by atoms with Crippen LogP contribution < -0.4 is 5.32 Å². The number of fused-ring (bicyclic) bond motifs is 1. The first-order chi connectivity index (χ1) is 13.2. The fourth-order valence-electron chi connectivity index (χ4n) is 2.93. The highest BCUT2D eigenvalue weighted by atomic mass is 32.1. The lowest BCUT2D eigenvalue weighted by Crippen LogP contribution is -2.42. The number of hydrogen-bond donors (Lipinski definition) is 1. The van der Waals surface area contributed by atoms with Crippen LogP contribution >= 0.6 is 11.3 Å². The molecule has 0 fully saturated rings. The maximum absolute atomic E-state index is 12.9. The molecule has 2 aromatic rings. The molecule has 0 spiro atoms. The van der Waals surface area contributed by atoms with Crippen molar-refractivity contribution in [2.45, 2.75) is 51.9 Å². The minimum atomic E-state index is -4.60. The molecule has 152 valence electrons. The van der Waals surface area contributed by atoms with Gasteiger partial charge in [-0.15, -0.1) is 20.4 Å². The molecule has 28 heavy (non-hydrogen) atoms. The van der Waals surface area contributed by atoms with Crippen LogP contribution in [0.15, 0.2) is 0 Å². The third-order valence-electron chi connectivity index (χ3n) is 4.34. The molecule has 1 atom stereocenters. The molecule has 3 rings (SSSR count). The summed E-state index contributed by atoms with van der Waals surface area (Å²) in [4.78, 5) is 25.9. The van der Waals surface area contributed by atoms with Gasteiger partial charge in [-0.1, -0.05) is 18.3 Å². The Kier molecular flexibility index (Phi) is 5.63. The van der Waals surface area contributed by atoms with E-state index >= 15 is 0 Å². The summed E-state index contributed by atoms with van der Waals surface area (Å²) in [6.45, 7) is 3.55. The van der Waals surface area contributed by atoms with E-state index in [2.05, 4.69) is 25.7 Å². The standard InChI is InChI=1S/C15H18F3N7O2S/c1-3-10-20-23-14(28-10)19-9(26)4-5-11(27)24-6-7-25-12(8(24)2)21-22-13(25)15(16,17)18/h8H,3-7H2,1-2H3,(H,19,23,26). The van der Waals surface area contributed by atoms with Gasteiger partial charge in [0.25, 0.3) is 0 Å². The molecule has 0 saturated heterocycles. The van der Waals surface area contributed by atoms with Crippen molar-refractivity contribution in [3.05, 3.63) is 16.7 Å². The molecule has 1 N–H and O–H groups in total. The number of amides is 2. The van der Waals surface area contributed by atoms with Crippen molar-refractivity contribution in [3.8, 4) is 0 Å². The number of carbonyl (C=O) groups excluding carboxylic acids is 2. The summed E-state index contributed by atoms with van der Waals surface area (Å²) in [6, 6.07) is -0.664. The average Bonchev–Trinajstić information content (AvgIpc) is 3.26. The number of alkyl halides is 3. The second kappa shape index (κ2) is 7.81. The smallest absolute Gasteiger partial charge is 0.331 e. The highest BCUT2D eigenvalue weighted by Gasteiger charge is 2.41. The maximum atomic E-state index is 12.9. The lowest BCUT2D eigenvalue weighted by Gasteiger charge is -2.33. The first-order valence-electron chi connectivity index (χ1n) is 8.62. The number of halogens is 3. The average molecular weight is 417 g/mol. The molecular weight excluding hydrogens is 399 g/mol. The molecule has 2 amide bonds. The van der Waals surface area contributed by atoms with Gasteiger partial charge in [0, 0.05) is 25.9 Å². The predicted molar refractivity (Wildman–Crippen MR) is 92.3 cm³/mol. The molecule has 0 saturated carbocycles. The van der Waals surface area contributed by atoms with E-state index in [4.69, 9.17) is 0 Å². The summed E-state index contributed by atoms with van der Waals surface area (Å²) in [6.07, 6.45) is -4.03. The molecule has 9 nitrogen and oxygen atoms in total. The minimum absolute atomic E-state index is 0.0516. The molecule has 0 bridgehead atoms. The van der Waals surface area contributed by atoms with Gasteiger partial charge in [-0.3, -0.25) is 9.59 Å². The summed E-state index contributed by atoms with van der Waals surface area (Å²) in [7, 11) is 0. The Morgan fingerprint density at radius 2 is 1.93 bits per heavy atom. The van der Waals surface area contributed by atoms with E-state index < -0.39 is 18.0 Å². The van der Waals surface area contributed by atoms with Gasteiger partial charge >= 0.3 is 6.18 Å². The van der Waals surface area contributed by atoms with Crippen LogP contribution in [0.3, 0.4) is 0 Å². The van der Waals surface area contributed by atoms with Gasteiger partial charge in [-0.05, 0) is 13.3 Å². The van der Waals surface area contributed by atoms with Gasteiger partial charge in [0.15, 0.2) is 5.82 Å². The van der Waals surface area contributed by atoms with E-state index in [1.54, 1.807) is 6.92 Å². The van der Waals surface area contributed by atoms with E-state index in [1.165, 1.54) is 16.2 Å². The maximum Gasteiger partial charge on any atom is 0.451 e. The largest absolute Gasteiger partial charge is 0.451 e. The summed E-state index contributed by atoms with van der Waals surface area (Å²) < 4.78 is 39.8. The van der Waals surface area contributed by atoms with E-state index in [1.807, 2.05) is 6.92 Å². The zero-order valence-electron chi connectivity index (χ0n) is 15.2. The third-order valence-corrected chi connectivity index (χ3v) is 5.32. The van der Waals surface area contributed by atoms with Crippen molar-refractivity contribution in [1.82, 2.24) is 29.9 Å². The lowest BCUT2D eigenvalue weighted by atomic mass is 10.1. The Hall–Kier alpha value is -2.57. The van der Waals surface area contributed by atoms with E-state index in [9.17, 15) is 22.8 Å². The highest BCUT2D eigenvalue weighted by molar-refractivity contribution is 7.15. The topological polar surface area (TPSA) is 106 Å². The Morgan fingerprint density at radius 3 is 2.57 bits per heavy atom. The van der Waals surface area contributed by atoms with E-state index in [0.29, 0.717) is 11.6 Å². The van der Waals surface area contributed by atoms with Gasteiger partial charge in [0.05, 0.1) is 6.04 Å². The second-order valence-corrected chi connectivity index (χ2v) is 7.26. The first-order valence-corrected chi connectivity index (χ1v) is 9.44. The quantitative estimate of drug-likeness (QED) is 0.798. The van der Waals surface area contributed by atoms with Crippen molar-refractivity contribution in [3.63, 3.8) is 0 Å². The highest BCUT2D eigenvalue weighted by Crippen LogP contribution is 2.32. The van der Waals surface area contributed by atoms with Crippen molar-refractivity contribution in [2.24, 2.45) is 0 Å². The van der Waals surface area contributed by atoms with Crippen LogP contribution in [-0.4, -0.2) is 48.2 Å². The molecule has 0 aliphatic carbocycles. The number of hydrogen-bond acceptors (Lipinski definition) is 7. The van der Waals surface area contributed by atoms with Gasteiger partial charge in [-0.2, -0.15) is 13.2 Å². The zero-order chi connectivity index (χ0) is 20.5. The molecule has 1 aliphatic heterocycles. The van der Waals surface area contributed by atoms with Crippen molar-refractivity contribution in [2.75, 3.05) is 11.9 Å². The normalized spacial score (nSPS) is 16.8. The van der Waals surface area contributed by atoms with Crippen LogP contribution in [0.2, 0.25) is 0 Å². The van der Waals surface area contributed by atoms with Gasteiger partial charge in [0.2, 0.25) is 22.8 Å². The molecule has 2 aromatic heterocycles. The summed E-state index contributed by atoms with van der Waals surface area (Å²) in [5.74, 6) is -1.70. The Balaban J connectivity index is 1.58. The lowest BCUT2D eigenvalue weighted by molar-refractivity contribution is -0.148. The van der Waals surface area contributed by atoms with Crippen molar-refractivity contribution in [1.29, 1.82) is 0 Å². The molecule has 1 aliphatic rings. The van der Waals surface area contributed by atoms with Gasteiger partial charge in [0.1, 0.15) is 5.01 Å². The van der Waals surface area contributed by atoms with Crippen molar-refractivity contribution >= 4 is 28.3 Å². The van der Waals surface area contributed by atoms with E-state index in [0.717, 1.165) is 9.57 Å². The number of nitrogens with one attached hydrogen (secondary N) is 1. The van der Waals surface area contributed by atoms with Crippen LogP contribution in [0.5, 0.6) is 0 Å². The van der Waals surface area contributed by atoms with Gasteiger partial charge in [-0.25, -0.2) is 0 Å². The number of aromatic nitrogens is 5. The number of rotatable bonds is 5. The first kappa shape index (κ1) is 20.2. The van der Waals surface area contributed by atoms with Crippen molar-refractivity contribution < 1.29 is 22.8 Å². The SMILES string of the molecule is CCc1nnc(NC(=O)CCC(=O)N2CCn3c(nnc3C(F)(F)F)C2C)s1. The molecular formula is C15H18F3N7O2S.